The molecule has 0 saturated carbocycles. The minimum Gasteiger partial charge on any atom is -0.298 e. The van der Waals surface area contributed by atoms with E-state index in [1.165, 1.54) is 0 Å². The SMILES string of the molecule is CCC=C(NNC(=O)c1cccc(C)c1)c1ccccc1. The molecule has 21 heavy (non-hydrogen) atoms. The summed E-state index contributed by atoms with van der Waals surface area (Å²) in [4.78, 5) is 12.1. The number of nitrogens with one attached hydrogen (secondary N) is 2. The largest absolute Gasteiger partial charge is 0.298 e. The molecule has 108 valence electrons. The number of allylic oxidation sites excluding steroid dienone is 1. The van der Waals surface area contributed by atoms with Gasteiger partial charge >= 0.3 is 0 Å². The second-order valence-electron chi connectivity index (χ2n) is 4.84. The first kappa shape index (κ1) is 14.9. The third kappa shape index (κ3) is 4.21. The molecule has 0 atom stereocenters. The number of rotatable bonds is 5. The summed E-state index contributed by atoms with van der Waals surface area (Å²) < 4.78 is 0. The fraction of sp³-hybridized carbons (Fsp3) is 0.167. The Kier molecular flexibility index (Phi) is 5.16. The lowest BCUT2D eigenvalue weighted by Crippen LogP contribution is -2.36. The van der Waals surface area contributed by atoms with Crippen LogP contribution in [0.3, 0.4) is 0 Å². The average Bonchev–Trinajstić information content (AvgIpc) is 2.52. The quantitative estimate of drug-likeness (QED) is 0.820. The van der Waals surface area contributed by atoms with Gasteiger partial charge in [0.2, 0.25) is 0 Å². The van der Waals surface area contributed by atoms with Crippen LogP contribution in [-0.2, 0) is 0 Å². The van der Waals surface area contributed by atoms with Crippen molar-refractivity contribution in [2.45, 2.75) is 20.3 Å². The minimum absolute atomic E-state index is 0.142. The van der Waals surface area contributed by atoms with Gasteiger partial charge in [0.15, 0.2) is 0 Å². The molecule has 1 amide bonds. The van der Waals surface area contributed by atoms with Gasteiger partial charge in [-0.3, -0.25) is 15.6 Å². The topological polar surface area (TPSA) is 41.1 Å². The highest BCUT2D eigenvalue weighted by Crippen LogP contribution is 2.11. The molecule has 0 aliphatic rings. The average molecular weight is 280 g/mol. The molecule has 0 aliphatic carbocycles. The Morgan fingerprint density at radius 3 is 2.38 bits per heavy atom. The zero-order chi connectivity index (χ0) is 15.1. The van der Waals surface area contributed by atoms with E-state index < -0.39 is 0 Å². The van der Waals surface area contributed by atoms with Crippen LogP contribution in [0, 0.1) is 6.92 Å². The zero-order valence-electron chi connectivity index (χ0n) is 12.4. The van der Waals surface area contributed by atoms with Gasteiger partial charge in [0.05, 0.1) is 5.70 Å². The van der Waals surface area contributed by atoms with Gasteiger partial charge in [-0.1, -0.05) is 61.0 Å². The Hall–Kier alpha value is -2.55. The molecule has 0 aliphatic heterocycles. The molecule has 3 nitrogen and oxygen atoms in total. The van der Waals surface area contributed by atoms with Gasteiger partial charge < -0.3 is 0 Å². The van der Waals surface area contributed by atoms with E-state index in [9.17, 15) is 4.79 Å². The molecule has 0 fully saturated rings. The van der Waals surface area contributed by atoms with E-state index in [2.05, 4.69) is 17.8 Å². The van der Waals surface area contributed by atoms with E-state index in [1.807, 2.05) is 61.5 Å². The van der Waals surface area contributed by atoms with Crippen LogP contribution in [0.1, 0.15) is 34.8 Å². The van der Waals surface area contributed by atoms with Crippen LogP contribution in [0.2, 0.25) is 0 Å². The van der Waals surface area contributed by atoms with Crippen molar-refractivity contribution in [2.75, 3.05) is 0 Å². The van der Waals surface area contributed by atoms with Gasteiger partial charge in [-0.15, -0.1) is 0 Å². The molecule has 0 spiro atoms. The zero-order valence-corrected chi connectivity index (χ0v) is 12.4. The molecule has 2 rings (SSSR count). The highest BCUT2D eigenvalue weighted by Gasteiger charge is 2.06. The molecule has 0 unspecified atom stereocenters. The van der Waals surface area contributed by atoms with Gasteiger partial charge in [0.25, 0.3) is 5.91 Å². The van der Waals surface area contributed by atoms with E-state index in [0.717, 1.165) is 23.2 Å². The number of aryl methyl sites for hydroxylation is 1. The molecule has 3 heteroatoms. The molecule has 0 heterocycles. The Labute approximate surface area is 125 Å². The predicted molar refractivity (Wildman–Crippen MR) is 86.5 cm³/mol. The van der Waals surface area contributed by atoms with Gasteiger partial charge in [0, 0.05) is 5.56 Å². The third-order valence-corrected chi connectivity index (χ3v) is 3.08. The number of carbonyl (C=O) groups excluding carboxylic acids is 1. The summed E-state index contributed by atoms with van der Waals surface area (Å²) >= 11 is 0. The lowest BCUT2D eigenvalue weighted by molar-refractivity contribution is 0.0942. The predicted octanol–water partition coefficient (Wildman–Crippen LogP) is 3.68. The summed E-state index contributed by atoms with van der Waals surface area (Å²) in [5.74, 6) is -0.142. The van der Waals surface area contributed by atoms with Crippen LogP contribution < -0.4 is 10.9 Å². The number of hydrazine groups is 1. The van der Waals surface area contributed by atoms with Crippen molar-refractivity contribution >= 4 is 11.6 Å². The van der Waals surface area contributed by atoms with Gasteiger partial charge in [-0.2, -0.15) is 0 Å². The Bertz CT molecular complexity index is 633. The maximum Gasteiger partial charge on any atom is 0.269 e. The highest BCUT2D eigenvalue weighted by atomic mass is 16.2. The van der Waals surface area contributed by atoms with Crippen molar-refractivity contribution in [1.82, 2.24) is 10.9 Å². The number of carbonyl (C=O) groups is 1. The summed E-state index contributed by atoms with van der Waals surface area (Å²) in [7, 11) is 0. The van der Waals surface area contributed by atoms with Gasteiger partial charge in [0.1, 0.15) is 0 Å². The third-order valence-electron chi connectivity index (χ3n) is 3.08. The Morgan fingerprint density at radius 2 is 1.71 bits per heavy atom. The van der Waals surface area contributed by atoms with E-state index in [1.54, 1.807) is 6.07 Å². The molecular weight excluding hydrogens is 260 g/mol. The molecule has 2 aromatic carbocycles. The maximum atomic E-state index is 12.1. The molecule has 0 radical (unpaired) electrons. The standard InChI is InChI=1S/C18H20N2O/c1-3-8-17(15-10-5-4-6-11-15)19-20-18(21)16-12-7-9-14(2)13-16/h4-13,19H,3H2,1-2H3,(H,20,21). The summed E-state index contributed by atoms with van der Waals surface area (Å²) in [6.07, 6.45) is 2.93. The lowest BCUT2D eigenvalue weighted by atomic mass is 10.1. The first-order chi connectivity index (χ1) is 10.2. The van der Waals surface area contributed by atoms with Crippen molar-refractivity contribution in [3.05, 3.63) is 77.4 Å². The van der Waals surface area contributed by atoms with Gasteiger partial charge in [-0.05, 0) is 31.0 Å². The van der Waals surface area contributed by atoms with Crippen LogP contribution >= 0.6 is 0 Å². The minimum atomic E-state index is -0.142. The number of benzene rings is 2. The molecule has 2 aromatic rings. The summed E-state index contributed by atoms with van der Waals surface area (Å²) in [6, 6.07) is 17.4. The van der Waals surface area contributed by atoms with Crippen LogP contribution in [0.4, 0.5) is 0 Å². The number of hydrogen-bond acceptors (Lipinski definition) is 2. The first-order valence-electron chi connectivity index (χ1n) is 7.09. The second-order valence-corrected chi connectivity index (χ2v) is 4.84. The van der Waals surface area contributed by atoms with Gasteiger partial charge in [-0.25, -0.2) is 0 Å². The molecule has 0 saturated heterocycles. The van der Waals surface area contributed by atoms with E-state index in [4.69, 9.17) is 0 Å². The van der Waals surface area contributed by atoms with Crippen molar-refractivity contribution in [1.29, 1.82) is 0 Å². The fourth-order valence-electron chi connectivity index (χ4n) is 2.05. The Balaban J connectivity index is 2.06. The molecule has 0 aromatic heterocycles. The van der Waals surface area contributed by atoms with Crippen molar-refractivity contribution < 1.29 is 4.79 Å². The van der Waals surface area contributed by atoms with Crippen LogP contribution in [-0.4, -0.2) is 5.91 Å². The van der Waals surface area contributed by atoms with E-state index in [0.29, 0.717) is 5.56 Å². The summed E-state index contributed by atoms with van der Waals surface area (Å²) in [6.45, 7) is 4.03. The molecule has 2 N–H and O–H groups in total. The van der Waals surface area contributed by atoms with Crippen LogP contribution in [0.25, 0.3) is 5.70 Å². The highest BCUT2D eigenvalue weighted by molar-refractivity contribution is 5.94. The number of amides is 1. The Morgan fingerprint density at radius 1 is 1.00 bits per heavy atom. The molecule has 0 bridgehead atoms. The maximum absolute atomic E-state index is 12.1. The van der Waals surface area contributed by atoms with E-state index >= 15 is 0 Å². The molecular formula is C18H20N2O. The second kappa shape index (κ2) is 7.29. The van der Waals surface area contributed by atoms with E-state index in [-0.39, 0.29) is 5.91 Å². The normalized spacial score (nSPS) is 11.0. The lowest BCUT2D eigenvalue weighted by Gasteiger charge is -2.13. The van der Waals surface area contributed by atoms with Crippen molar-refractivity contribution in [3.63, 3.8) is 0 Å². The van der Waals surface area contributed by atoms with Crippen molar-refractivity contribution in [3.8, 4) is 0 Å². The van der Waals surface area contributed by atoms with Crippen molar-refractivity contribution in [2.24, 2.45) is 0 Å². The fourth-order valence-corrected chi connectivity index (χ4v) is 2.05. The summed E-state index contributed by atoms with van der Waals surface area (Å²) in [5, 5.41) is 0. The monoisotopic (exact) mass is 280 g/mol. The van der Waals surface area contributed by atoms with Crippen LogP contribution in [0.5, 0.6) is 0 Å². The first-order valence-corrected chi connectivity index (χ1v) is 7.09. The number of hydrogen-bond donors (Lipinski definition) is 2. The summed E-state index contributed by atoms with van der Waals surface area (Å²) in [5.41, 5.74) is 9.43. The smallest absolute Gasteiger partial charge is 0.269 e. The van der Waals surface area contributed by atoms with Crippen LogP contribution in [0.15, 0.2) is 60.7 Å².